The maximum Gasteiger partial charge on any atom is 0.333 e. The summed E-state index contributed by atoms with van der Waals surface area (Å²) >= 11 is 0. The van der Waals surface area contributed by atoms with Crippen LogP contribution >= 0.6 is 0 Å². The van der Waals surface area contributed by atoms with E-state index < -0.39 is 42.1 Å². The van der Waals surface area contributed by atoms with Crippen LogP contribution in [0.5, 0.6) is 0 Å². The third-order valence-electron chi connectivity index (χ3n) is 4.31. The van der Waals surface area contributed by atoms with Crippen molar-refractivity contribution in [3.8, 4) is 0 Å². The summed E-state index contributed by atoms with van der Waals surface area (Å²) in [6.07, 6.45) is 0.238. The van der Waals surface area contributed by atoms with Gasteiger partial charge in [0.2, 0.25) is 0 Å². The number of aliphatic hydroxyl groups is 2. The molecule has 9 nitrogen and oxygen atoms in total. The molecule has 9 heteroatoms. The Morgan fingerprint density at radius 2 is 1.29 bits per heavy atom. The molecular formula is C25H38O9. The predicted octanol–water partition coefficient (Wildman–Crippen LogP) is 2.77. The molecule has 0 amide bonds. The number of carbonyl (C=O) groups is 3. The van der Waals surface area contributed by atoms with Gasteiger partial charge in [0.15, 0.2) is 0 Å². The standard InChI is InChI=1S/C25H38O9/c1-9-10-21(16(2)3)31-12-19(26)15-34-24(30)25(7,8)11-18(6)23(29)33-14-20(27)13-32-22(28)17(4)5/h10,19-20,26-27H,2,4,6,9,11-15H2,1,3,5,7-8H3/b21-10+. The third kappa shape index (κ3) is 12.4. The number of esters is 3. The lowest BCUT2D eigenvalue weighted by Crippen LogP contribution is -2.32. The van der Waals surface area contributed by atoms with Crippen LogP contribution in [-0.2, 0) is 33.3 Å². The second-order valence-electron chi connectivity index (χ2n) is 8.62. The summed E-state index contributed by atoms with van der Waals surface area (Å²) in [6.45, 7) is 18.0. The van der Waals surface area contributed by atoms with Crippen LogP contribution < -0.4 is 0 Å². The second-order valence-corrected chi connectivity index (χ2v) is 8.62. The van der Waals surface area contributed by atoms with E-state index in [-0.39, 0.29) is 37.4 Å². The zero-order valence-electron chi connectivity index (χ0n) is 20.8. The van der Waals surface area contributed by atoms with Crippen molar-refractivity contribution in [3.63, 3.8) is 0 Å². The summed E-state index contributed by atoms with van der Waals surface area (Å²) in [7, 11) is 0. The van der Waals surface area contributed by atoms with Gasteiger partial charge < -0.3 is 29.2 Å². The molecule has 192 valence electrons. The number of hydrogen-bond donors (Lipinski definition) is 2. The first-order valence-corrected chi connectivity index (χ1v) is 10.9. The molecule has 0 aliphatic carbocycles. The molecule has 0 bridgehead atoms. The molecule has 0 heterocycles. The van der Waals surface area contributed by atoms with Crippen molar-refractivity contribution in [2.75, 3.05) is 26.4 Å². The molecule has 0 aliphatic heterocycles. The lowest BCUT2D eigenvalue weighted by Gasteiger charge is -2.24. The highest BCUT2D eigenvalue weighted by Crippen LogP contribution is 2.27. The van der Waals surface area contributed by atoms with Crippen LogP contribution in [0, 0.1) is 5.41 Å². The Morgan fingerprint density at radius 3 is 1.76 bits per heavy atom. The largest absolute Gasteiger partial charge is 0.491 e. The summed E-state index contributed by atoms with van der Waals surface area (Å²) in [5.74, 6) is -1.55. The van der Waals surface area contributed by atoms with Crippen molar-refractivity contribution in [2.24, 2.45) is 5.41 Å². The first kappa shape index (κ1) is 31.1. The monoisotopic (exact) mass is 482 g/mol. The summed E-state index contributed by atoms with van der Waals surface area (Å²) in [4.78, 5) is 35.9. The highest BCUT2D eigenvalue weighted by molar-refractivity contribution is 5.89. The normalized spacial score (nSPS) is 13.3. The van der Waals surface area contributed by atoms with E-state index in [1.165, 1.54) is 6.92 Å². The summed E-state index contributed by atoms with van der Waals surface area (Å²) in [5.41, 5.74) is -0.237. The fourth-order valence-corrected chi connectivity index (χ4v) is 2.44. The zero-order chi connectivity index (χ0) is 26.5. The van der Waals surface area contributed by atoms with Crippen molar-refractivity contribution in [1.29, 1.82) is 0 Å². The van der Waals surface area contributed by atoms with Crippen LogP contribution in [0.3, 0.4) is 0 Å². The molecule has 0 spiro atoms. The molecule has 0 aromatic rings. The van der Waals surface area contributed by atoms with Crippen LogP contribution in [0.4, 0.5) is 0 Å². The maximum atomic E-state index is 12.5. The molecule has 2 unspecified atom stereocenters. The number of aliphatic hydroxyl groups excluding tert-OH is 2. The number of allylic oxidation sites excluding steroid dienone is 2. The zero-order valence-corrected chi connectivity index (χ0v) is 20.8. The minimum absolute atomic E-state index is 0.00670. The minimum atomic E-state index is -1.22. The van der Waals surface area contributed by atoms with E-state index >= 15 is 0 Å². The highest BCUT2D eigenvalue weighted by Gasteiger charge is 2.32. The molecule has 0 saturated heterocycles. The van der Waals surface area contributed by atoms with Gasteiger partial charge in [-0.1, -0.05) is 26.7 Å². The third-order valence-corrected chi connectivity index (χ3v) is 4.31. The van der Waals surface area contributed by atoms with Crippen LogP contribution in [0.15, 0.2) is 48.3 Å². The second kappa shape index (κ2) is 15.1. The lowest BCUT2D eigenvalue weighted by molar-refractivity contribution is -0.158. The van der Waals surface area contributed by atoms with E-state index in [2.05, 4.69) is 19.7 Å². The number of carbonyl (C=O) groups excluding carboxylic acids is 3. The summed E-state index contributed by atoms with van der Waals surface area (Å²) in [5, 5.41) is 19.8. The smallest absolute Gasteiger partial charge is 0.333 e. The van der Waals surface area contributed by atoms with Crippen LogP contribution in [0.25, 0.3) is 0 Å². The van der Waals surface area contributed by atoms with Gasteiger partial charge in [-0.3, -0.25) is 4.79 Å². The van der Waals surface area contributed by atoms with E-state index in [0.717, 1.165) is 12.0 Å². The molecule has 2 N–H and O–H groups in total. The highest BCUT2D eigenvalue weighted by atomic mass is 16.6. The SMILES string of the molecule is C=C(C)C(=O)OCC(O)COC(=O)C(=C)CC(C)(C)C(=O)OCC(O)CO/C(=C/CC)C(=C)C. The van der Waals surface area contributed by atoms with Crippen LogP contribution in [0.2, 0.25) is 0 Å². The number of ether oxygens (including phenoxy) is 4. The molecule has 0 rings (SSSR count). The molecule has 0 aliphatic rings. The molecule has 0 aromatic carbocycles. The van der Waals surface area contributed by atoms with E-state index in [4.69, 9.17) is 18.9 Å². The summed E-state index contributed by atoms with van der Waals surface area (Å²) in [6, 6.07) is 0. The molecule has 34 heavy (non-hydrogen) atoms. The van der Waals surface area contributed by atoms with Gasteiger partial charge in [-0.05, 0) is 52.2 Å². The van der Waals surface area contributed by atoms with E-state index in [1.54, 1.807) is 20.8 Å². The molecule has 0 saturated carbocycles. The van der Waals surface area contributed by atoms with Gasteiger partial charge in [-0.2, -0.15) is 0 Å². The average molecular weight is 483 g/mol. The van der Waals surface area contributed by atoms with Crippen molar-refractivity contribution < 1.29 is 43.5 Å². The van der Waals surface area contributed by atoms with Crippen molar-refractivity contribution in [2.45, 2.75) is 59.7 Å². The van der Waals surface area contributed by atoms with Gasteiger partial charge in [0.05, 0.1) is 5.41 Å². The number of rotatable bonds is 16. The Morgan fingerprint density at radius 1 is 0.824 bits per heavy atom. The van der Waals surface area contributed by atoms with E-state index in [0.29, 0.717) is 5.76 Å². The Bertz CT molecular complexity index is 792. The minimum Gasteiger partial charge on any atom is -0.491 e. The molecule has 2 atom stereocenters. The number of hydrogen-bond acceptors (Lipinski definition) is 9. The van der Waals surface area contributed by atoms with Gasteiger partial charge >= 0.3 is 17.9 Å². The van der Waals surface area contributed by atoms with Gasteiger partial charge in [0.25, 0.3) is 0 Å². The van der Waals surface area contributed by atoms with Gasteiger partial charge in [-0.25, -0.2) is 9.59 Å². The molecule has 0 aromatic heterocycles. The average Bonchev–Trinajstić information content (AvgIpc) is 2.75. The van der Waals surface area contributed by atoms with E-state index in [9.17, 15) is 24.6 Å². The maximum absolute atomic E-state index is 12.5. The van der Waals surface area contributed by atoms with Crippen LogP contribution in [-0.4, -0.2) is 66.8 Å². The van der Waals surface area contributed by atoms with Crippen molar-refractivity contribution in [1.82, 2.24) is 0 Å². The summed E-state index contributed by atoms with van der Waals surface area (Å²) < 4.78 is 20.4. The first-order valence-electron chi connectivity index (χ1n) is 10.9. The van der Waals surface area contributed by atoms with Gasteiger partial charge in [0, 0.05) is 11.1 Å². The van der Waals surface area contributed by atoms with E-state index in [1.807, 2.05) is 13.0 Å². The van der Waals surface area contributed by atoms with Crippen LogP contribution in [0.1, 0.15) is 47.5 Å². The van der Waals surface area contributed by atoms with Crippen molar-refractivity contribution in [3.05, 3.63) is 48.3 Å². The Labute approximate surface area is 201 Å². The van der Waals surface area contributed by atoms with Gasteiger partial charge in [0.1, 0.15) is 44.4 Å². The molecular weight excluding hydrogens is 444 g/mol. The Hall–Kier alpha value is -2.91. The van der Waals surface area contributed by atoms with Crippen molar-refractivity contribution >= 4 is 17.9 Å². The fraction of sp³-hybridized carbons (Fsp3) is 0.560. The molecule has 0 radical (unpaired) electrons. The Kier molecular flexibility index (Phi) is 13.8. The Balaban J connectivity index is 4.53. The quantitative estimate of drug-likeness (QED) is 0.112. The topological polar surface area (TPSA) is 129 Å². The fourth-order valence-electron chi connectivity index (χ4n) is 2.44. The lowest BCUT2D eigenvalue weighted by atomic mass is 9.86. The predicted molar refractivity (Wildman–Crippen MR) is 126 cm³/mol. The molecule has 0 fully saturated rings. The van der Waals surface area contributed by atoms with Gasteiger partial charge in [-0.15, -0.1) is 0 Å². The first-order chi connectivity index (χ1) is 15.7.